The average molecular weight is 265 g/mol. The van der Waals surface area contributed by atoms with Gasteiger partial charge in [-0.2, -0.15) is 0 Å². The number of hydrogen-bond donors (Lipinski definition) is 1. The van der Waals surface area contributed by atoms with Gasteiger partial charge in [-0.15, -0.1) is 0 Å². The standard InChI is InChI=1S/C16H27NO2/c1-6-19-14-9-7-13(8-10-14)15(18)11-17(5)12-16(2,3)4/h7-10,15,18H,6,11-12H2,1-5H3. The zero-order valence-corrected chi connectivity index (χ0v) is 12.8. The molecule has 0 aliphatic carbocycles. The third-order valence-corrected chi connectivity index (χ3v) is 2.80. The summed E-state index contributed by atoms with van der Waals surface area (Å²) in [5.41, 5.74) is 1.18. The molecule has 19 heavy (non-hydrogen) atoms. The second-order valence-corrected chi connectivity index (χ2v) is 6.28. The lowest BCUT2D eigenvalue weighted by Gasteiger charge is -2.28. The maximum absolute atomic E-state index is 10.2. The molecular formula is C16H27NO2. The van der Waals surface area contributed by atoms with E-state index in [9.17, 15) is 5.11 Å². The van der Waals surface area contributed by atoms with Crippen LogP contribution in [0.2, 0.25) is 0 Å². The van der Waals surface area contributed by atoms with Gasteiger partial charge in [-0.1, -0.05) is 32.9 Å². The van der Waals surface area contributed by atoms with E-state index in [0.717, 1.165) is 17.9 Å². The maximum atomic E-state index is 10.2. The van der Waals surface area contributed by atoms with E-state index >= 15 is 0 Å². The fourth-order valence-corrected chi connectivity index (χ4v) is 2.23. The molecule has 3 heteroatoms. The van der Waals surface area contributed by atoms with Crippen molar-refractivity contribution in [3.05, 3.63) is 29.8 Å². The largest absolute Gasteiger partial charge is 0.494 e. The van der Waals surface area contributed by atoms with Crippen LogP contribution in [0, 0.1) is 5.41 Å². The lowest BCUT2D eigenvalue weighted by Crippen LogP contribution is -2.32. The molecule has 1 aromatic carbocycles. The van der Waals surface area contributed by atoms with Crippen LogP contribution in [-0.2, 0) is 0 Å². The Morgan fingerprint density at radius 3 is 2.26 bits per heavy atom. The molecule has 1 atom stereocenters. The van der Waals surface area contributed by atoms with Gasteiger partial charge >= 0.3 is 0 Å². The predicted octanol–water partition coefficient (Wildman–Crippen LogP) is 3.10. The normalized spacial score (nSPS) is 13.6. The summed E-state index contributed by atoms with van der Waals surface area (Å²) in [6.45, 7) is 10.8. The molecule has 0 spiro atoms. The van der Waals surface area contributed by atoms with E-state index in [1.54, 1.807) is 0 Å². The van der Waals surface area contributed by atoms with Gasteiger partial charge in [0.1, 0.15) is 5.75 Å². The molecule has 0 saturated heterocycles. The summed E-state index contributed by atoms with van der Waals surface area (Å²) in [4.78, 5) is 2.17. The summed E-state index contributed by atoms with van der Waals surface area (Å²) >= 11 is 0. The summed E-state index contributed by atoms with van der Waals surface area (Å²) in [6.07, 6.45) is -0.456. The number of aliphatic hydroxyl groups excluding tert-OH is 1. The summed E-state index contributed by atoms with van der Waals surface area (Å²) in [5.74, 6) is 0.849. The number of ether oxygens (including phenoxy) is 1. The molecule has 0 fully saturated rings. The van der Waals surface area contributed by atoms with Crippen LogP contribution in [0.4, 0.5) is 0 Å². The fraction of sp³-hybridized carbons (Fsp3) is 0.625. The van der Waals surface area contributed by atoms with Crippen LogP contribution in [0.25, 0.3) is 0 Å². The summed E-state index contributed by atoms with van der Waals surface area (Å²) in [5, 5.41) is 10.2. The van der Waals surface area contributed by atoms with Crippen molar-refractivity contribution < 1.29 is 9.84 Å². The smallest absolute Gasteiger partial charge is 0.119 e. The second-order valence-electron chi connectivity index (χ2n) is 6.28. The number of likely N-dealkylation sites (N-methyl/N-ethyl adjacent to an activating group) is 1. The van der Waals surface area contributed by atoms with Crippen molar-refractivity contribution in [3.63, 3.8) is 0 Å². The van der Waals surface area contributed by atoms with Crippen molar-refractivity contribution in [1.82, 2.24) is 4.90 Å². The number of hydrogen-bond acceptors (Lipinski definition) is 3. The highest BCUT2D eigenvalue weighted by atomic mass is 16.5. The second kappa shape index (κ2) is 6.92. The monoisotopic (exact) mass is 265 g/mol. The highest BCUT2D eigenvalue weighted by molar-refractivity contribution is 5.28. The molecule has 0 aliphatic heterocycles. The van der Waals surface area contributed by atoms with Gasteiger partial charge in [-0.25, -0.2) is 0 Å². The van der Waals surface area contributed by atoms with Gasteiger partial charge in [0.2, 0.25) is 0 Å². The Hall–Kier alpha value is -1.06. The quantitative estimate of drug-likeness (QED) is 0.858. The first kappa shape index (κ1) is 16.0. The first-order valence-corrected chi connectivity index (χ1v) is 6.91. The van der Waals surface area contributed by atoms with Crippen LogP contribution in [0.3, 0.4) is 0 Å². The van der Waals surface area contributed by atoms with Crippen molar-refractivity contribution in [2.45, 2.75) is 33.8 Å². The van der Waals surface area contributed by atoms with E-state index in [1.165, 1.54) is 0 Å². The Kier molecular flexibility index (Phi) is 5.83. The summed E-state index contributed by atoms with van der Waals surface area (Å²) < 4.78 is 5.40. The minimum Gasteiger partial charge on any atom is -0.494 e. The summed E-state index contributed by atoms with van der Waals surface area (Å²) in [7, 11) is 2.04. The van der Waals surface area contributed by atoms with Crippen LogP contribution in [0.15, 0.2) is 24.3 Å². The fourth-order valence-electron chi connectivity index (χ4n) is 2.23. The highest BCUT2D eigenvalue weighted by Gasteiger charge is 2.16. The molecule has 3 nitrogen and oxygen atoms in total. The van der Waals surface area contributed by atoms with Gasteiger partial charge in [-0.3, -0.25) is 0 Å². The first-order chi connectivity index (χ1) is 8.81. The number of aliphatic hydroxyl groups is 1. The third-order valence-electron chi connectivity index (χ3n) is 2.80. The topological polar surface area (TPSA) is 32.7 Å². The van der Waals surface area contributed by atoms with Crippen LogP contribution in [-0.4, -0.2) is 36.8 Å². The molecular weight excluding hydrogens is 238 g/mol. The predicted molar refractivity (Wildman–Crippen MR) is 79.5 cm³/mol. The van der Waals surface area contributed by atoms with E-state index in [4.69, 9.17) is 4.74 Å². The zero-order valence-electron chi connectivity index (χ0n) is 12.8. The zero-order chi connectivity index (χ0) is 14.5. The summed E-state index contributed by atoms with van der Waals surface area (Å²) in [6, 6.07) is 7.68. The van der Waals surface area contributed by atoms with Crippen molar-refractivity contribution in [2.75, 3.05) is 26.7 Å². The number of nitrogens with zero attached hydrogens (tertiary/aromatic N) is 1. The lowest BCUT2D eigenvalue weighted by atomic mass is 9.96. The van der Waals surface area contributed by atoms with E-state index < -0.39 is 6.10 Å². The molecule has 0 aromatic heterocycles. The molecule has 1 unspecified atom stereocenters. The lowest BCUT2D eigenvalue weighted by molar-refractivity contribution is 0.108. The molecule has 108 valence electrons. The molecule has 0 amide bonds. The first-order valence-electron chi connectivity index (χ1n) is 6.91. The van der Waals surface area contributed by atoms with E-state index in [2.05, 4.69) is 25.7 Å². The maximum Gasteiger partial charge on any atom is 0.119 e. The van der Waals surface area contributed by atoms with Gasteiger partial charge in [0.05, 0.1) is 12.7 Å². The van der Waals surface area contributed by atoms with Crippen LogP contribution in [0.5, 0.6) is 5.75 Å². The number of rotatable bonds is 6. The van der Waals surface area contributed by atoms with Crippen molar-refractivity contribution in [3.8, 4) is 5.75 Å². The van der Waals surface area contributed by atoms with Gasteiger partial charge < -0.3 is 14.7 Å². The minimum atomic E-state index is -0.456. The Bertz CT molecular complexity index is 367. The van der Waals surface area contributed by atoms with Gasteiger partial charge in [-0.05, 0) is 37.1 Å². The molecule has 0 heterocycles. The molecule has 0 saturated carbocycles. The highest BCUT2D eigenvalue weighted by Crippen LogP contribution is 2.20. The molecule has 0 aliphatic rings. The van der Waals surface area contributed by atoms with Crippen LogP contribution < -0.4 is 4.74 Å². The molecule has 1 N–H and O–H groups in total. The van der Waals surface area contributed by atoms with Gasteiger partial charge in [0.25, 0.3) is 0 Å². The van der Waals surface area contributed by atoms with Crippen LogP contribution >= 0.6 is 0 Å². The van der Waals surface area contributed by atoms with E-state index in [-0.39, 0.29) is 5.41 Å². The average Bonchev–Trinajstić information content (AvgIpc) is 2.27. The van der Waals surface area contributed by atoms with Crippen LogP contribution in [0.1, 0.15) is 39.4 Å². The van der Waals surface area contributed by atoms with Gasteiger partial charge in [0.15, 0.2) is 0 Å². The van der Waals surface area contributed by atoms with E-state index in [0.29, 0.717) is 13.2 Å². The van der Waals surface area contributed by atoms with Crippen molar-refractivity contribution >= 4 is 0 Å². The Labute approximate surface area is 117 Å². The molecule has 0 bridgehead atoms. The minimum absolute atomic E-state index is 0.243. The number of benzene rings is 1. The van der Waals surface area contributed by atoms with E-state index in [1.807, 2.05) is 38.2 Å². The Morgan fingerprint density at radius 1 is 1.21 bits per heavy atom. The molecule has 1 rings (SSSR count). The Morgan fingerprint density at radius 2 is 1.79 bits per heavy atom. The molecule has 1 aromatic rings. The third kappa shape index (κ3) is 6.08. The molecule has 0 radical (unpaired) electrons. The van der Waals surface area contributed by atoms with Crippen molar-refractivity contribution in [1.29, 1.82) is 0 Å². The SMILES string of the molecule is CCOc1ccc(C(O)CN(C)CC(C)(C)C)cc1. The van der Waals surface area contributed by atoms with Gasteiger partial charge in [0, 0.05) is 13.1 Å². The van der Waals surface area contributed by atoms with Crippen molar-refractivity contribution in [2.24, 2.45) is 5.41 Å². The Balaban J connectivity index is 2.55.